The summed E-state index contributed by atoms with van der Waals surface area (Å²) >= 11 is 0. The van der Waals surface area contributed by atoms with E-state index in [1.807, 2.05) is 6.07 Å². The summed E-state index contributed by atoms with van der Waals surface area (Å²) < 4.78 is 0. The highest BCUT2D eigenvalue weighted by Crippen LogP contribution is 2.43. The molecular weight excluding hydrogens is 220 g/mol. The summed E-state index contributed by atoms with van der Waals surface area (Å²) in [7, 11) is 0. The first-order valence-corrected chi connectivity index (χ1v) is 7.34. The van der Waals surface area contributed by atoms with Gasteiger partial charge in [-0.15, -0.1) is 0 Å². The quantitative estimate of drug-likeness (QED) is 0.701. The molecule has 96 valence electrons. The van der Waals surface area contributed by atoms with Crippen molar-refractivity contribution in [3.63, 3.8) is 0 Å². The maximum absolute atomic E-state index is 12.8. The second-order valence-electron chi connectivity index (χ2n) is 6.31. The number of benzene rings is 1. The van der Waals surface area contributed by atoms with Crippen molar-refractivity contribution in [2.45, 2.75) is 57.8 Å². The maximum Gasteiger partial charge on any atom is 0.169 e. The fourth-order valence-corrected chi connectivity index (χ4v) is 3.49. The molecule has 0 aliphatic heterocycles. The second-order valence-corrected chi connectivity index (χ2v) is 6.31. The molecule has 2 aliphatic rings. The average molecular weight is 242 g/mol. The Bertz CT molecular complexity index is 450. The van der Waals surface area contributed by atoms with E-state index in [1.165, 1.54) is 37.7 Å². The third kappa shape index (κ3) is 1.90. The molecule has 0 radical (unpaired) electrons. The largest absolute Gasteiger partial charge is 0.294 e. The van der Waals surface area contributed by atoms with Crippen molar-refractivity contribution >= 4 is 5.78 Å². The summed E-state index contributed by atoms with van der Waals surface area (Å²) in [6.45, 7) is 2.17. The summed E-state index contributed by atoms with van der Waals surface area (Å²) in [5.74, 6) is 1.05. The fraction of sp³-hybridized carbons (Fsp3) is 0.588. The van der Waals surface area contributed by atoms with Gasteiger partial charge in [-0.05, 0) is 37.2 Å². The molecule has 0 N–H and O–H groups in total. The number of hydrogen-bond acceptors (Lipinski definition) is 1. The standard InChI is InChI=1S/C17H22O/c1-17(11-4-5-12-17)16(18)15-10-3-2-9-14(15)13-7-6-8-13/h2-3,9-10,13H,4-8,11-12H2,1H3. The third-order valence-corrected chi connectivity index (χ3v) is 5.01. The highest BCUT2D eigenvalue weighted by atomic mass is 16.1. The van der Waals surface area contributed by atoms with Crippen molar-refractivity contribution in [2.24, 2.45) is 5.41 Å². The van der Waals surface area contributed by atoms with Gasteiger partial charge in [0.1, 0.15) is 0 Å². The van der Waals surface area contributed by atoms with Gasteiger partial charge in [0.2, 0.25) is 0 Å². The minimum Gasteiger partial charge on any atom is -0.294 e. The van der Waals surface area contributed by atoms with Gasteiger partial charge in [0.15, 0.2) is 5.78 Å². The Morgan fingerprint density at radius 2 is 1.78 bits per heavy atom. The van der Waals surface area contributed by atoms with Crippen LogP contribution in [0.3, 0.4) is 0 Å². The zero-order valence-electron chi connectivity index (χ0n) is 11.2. The fourth-order valence-electron chi connectivity index (χ4n) is 3.49. The first-order chi connectivity index (χ1) is 8.71. The molecule has 0 bridgehead atoms. The molecule has 0 amide bonds. The first kappa shape index (κ1) is 12.0. The van der Waals surface area contributed by atoms with Crippen LogP contribution in [0.4, 0.5) is 0 Å². The molecule has 1 aromatic carbocycles. The van der Waals surface area contributed by atoms with Crippen LogP contribution in [0.15, 0.2) is 24.3 Å². The Balaban J connectivity index is 1.93. The minimum atomic E-state index is -0.0835. The molecule has 1 aromatic rings. The molecule has 2 saturated carbocycles. The van der Waals surface area contributed by atoms with E-state index in [9.17, 15) is 4.79 Å². The molecule has 0 unspecified atom stereocenters. The van der Waals surface area contributed by atoms with Crippen LogP contribution in [-0.2, 0) is 0 Å². The molecular formula is C17H22O. The van der Waals surface area contributed by atoms with E-state index >= 15 is 0 Å². The number of carbonyl (C=O) groups is 1. The predicted octanol–water partition coefficient (Wildman–Crippen LogP) is 4.72. The van der Waals surface area contributed by atoms with E-state index in [0.29, 0.717) is 11.7 Å². The van der Waals surface area contributed by atoms with E-state index in [4.69, 9.17) is 0 Å². The molecule has 2 aliphatic carbocycles. The molecule has 1 nitrogen and oxygen atoms in total. The Labute approximate surface area is 110 Å². The van der Waals surface area contributed by atoms with Gasteiger partial charge < -0.3 is 0 Å². The lowest BCUT2D eigenvalue weighted by atomic mass is 9.73. The number of hydrogen-bond donors (Lipinski definition) is 0. The van der Waals surface area contributed by atoms with Crippen molar-refractivity contribution in [1.82, 2.24) is 0 Å². The molecule has 2 fully saturated rings. The average Bonchev–Trinajstić information content (AvgIpc) is 2.75. The van der Waals surface area contributed by atoms with E-state index in [-0.39, 0.29) is 5.41 Å². The lowest BCUT2D eigenvalue weighted by Gasteiger charge is -2.30. The van der Waals surface area contributed by atoms with E-state index in [0.717, 1.165) is 18.4 Å². The second kappa shape index (κ2) is 4.53. The molecule has 0 spiro atoms. The van der Waals surface area contributed by atoms with Gasteiger partial charge in [0.05, 0.1) is 0 Å². The SMILES string of the molecule is CC1(C(=O)c2ccccc2C2CCC2)CCCC1. The first-order valence-electron chi connectivity index (χ1n) is 7.34. The normalized spacial score (nSPS) is 22.7. The lowest BCUT2D eigenvalue weighted by molar-refractivity contribution is 0.0821. The highest BCUT2D eigenvalue weighted by Gasteiger charge is 2.38. The lowest BCUT2D eigenvalue weighted by Crippen LogP contribution is -2.26. The Morgan fingerprint density at radius 3 is 2.39 bits per heavy atom. The molecule has 0 saturated heterocycles. The van der Waals surface area contributed by atoms with Crippen molar-refractivity contribution < 1.29 is 4.79 Å². The van der Waals surface area contributed by atoms with Crippen LogP contribution in [0, 0.1) is 5.41 Å². The van der Waals surface area contributed by atoms with Crippen LogP contribution in [0.1, 0.15) is 73.7 Å². The van der Waals surface area contributed by atoms with Crippen LogP contribution >= 0.6 is 0 Å². The van der Waals surface area contributed by atoms with Crippen LogP contribution in [-0.4, -0.2) is 5.78 Å². The van der Waals surface area contributed by atoms with Crippen LogP contribution < -0.4 is 0 Å². The monoisotopic (exact) mass is 242 g/mol. The molecule has 18 heavy (non-hydrogen) atoms. The van der Waals surface area contributed by atoms with Gasteiger partial charge in [0, 0.05) is 11.0 Å². The molecule has 3 rings (SSSR count). The van der Waals surface area contributed by atoms with Gasteiger partial charge in [-0.3, -0.25) is 4.79 Å². The molecule has 0 aromatic heterocycles. The van der Waals surface area contributed by atoms with Crippen LogP contribution in [0.2, 0.25) is 0 Å². The van der Waals surface area contributed by atoms with E-state index in [1.54, 1.807) is 0 Å². The third-order valence-electron chi connectivity index (χ3n) is 5.01. The van der Waals surface area contributed by atoms with Gasteiger partial charge >= 0.3 is 0 Å². The van der Waals surface area contributed by atoms with Crippen molar-refractivity contribution in [3.8, 4) is 0 Å². The number of Topliss-reactive ketones (excluding diaryl/α,β-unsaturated/α-hetero) is 1. The van der Waals surface area contributed by atoms with Crippen molar-refractivity contribution in [2.75, 3.05) is 0 Å². The van der Waals surface area contributed by atoms with Crippen LogP contribution in [0.25, 0.3) is 0 Å². The summed E-state index contributed by atoms with van der Waals surface area (Å²) in [6, 6.07) is 8.34. The number of ketones is 1. The summed E-state index contributed by atoms with van der Waals surface area (Å²) in [5.41, 5.74) is 2.26. The highest BCUT2D eigenvalue weighted by molar-refractivity contribution is 6.01. The van der Waals surface area contributed by atoms with Crippen molar-refractivity contribution in [3.05, 3.63) is 35.4 Å². The van der Waals surface area contributed by atoms with Gasteiger partial charge in [-0.25, -0.2) is 0 Å². The number of carbonyl (C=O) groups excluding carboxylic acids is 1. The predicted molar refractivity (Wildman–Crippen MR) is 73.9 cm³/mol. The minimum absolute atomic E-state index is 0.0835. The smallest absolute Gasteiger partial charge is 0.169 e. The zero-order chi connectivity index (χ0) is 12.6. The Hall–Kier alpha value is -1.11. The number of rotatable bonds is 3. The topological polar surface area (TPSA) is 17.1 Å². The van der Waals surface area contributed by atoms with Crippen LogP contribution in [0.5, 0.6) is 0 Å². The summed E-state index contributed by atoms with van der Waals surface area (Å²) in [6.07, 6.45) is 8.43. The summed E-state index contributed by atoms with van der Waals surface area (Å²) in [4.78, 5) is 12.8. The maximum atomic E-state index is 12.8. The van der Waals surface area contributed by atoms with Gasteiger partial charge in [-0.2, -0.15) is 0 Å². The van der Waals surface area contributed by atoms with E-state index in [2.05, 4.69) is 25.1 Å². The Morgan fingerprint density at radius 1 is 1.11 bits per heavy atom. The van der Waals surface area contributed by atoms with Gasteiger partial charge in [-0.1, -0.05) is 50.5 Å². The van der Waals surface area contributed by atoms with Gasteiger partial charge in [0.25, 0.3) is 0 Å². The molecule has 1 heteroatoms. The molecule has 0 heterocycles. The van der Waals surface area contributed by atoms with E-state index < -0.39 is 0 Å². The zero-order valence-corrected chi connectivity index (χ0v) is 11.2. The van der Waals surface area contributed by atoms with Crippen molar-refractivity contribution in [1.29, 1.82) is 0 Å². The Kier molecular flexibility index (Phi) is 3.01. The summed E-state index contributed by atoms with van der Waals surface area (Å²) in [5, 5.41) is 0. The molecule has 0 atom stereocenters.